The van der Waals surface area contributed by atoms with Gasteiger partial charge in [-0.05, 0) is 47.6 Å². The van der Waals surface area contributed by atoms with Crippen LogP contribution in [-0.4, -0.2) is 44.4 Å². The molecule has 5 nitrogen and oxygen atoms in total. The molecule has 0 saturated heterocycles. The van der Waals surface area contributed by atoms with Crippen molar-refractivity contribution in [2.45, 2.75) is 12.8 Å². The van der Waals surface area contributed by atoms with Crippen molar-refractivity contribution in [1.29, 1.82) is 0 Å². The smallest absolute Gasteiger partial charge is 0.252 e. The van der Waals surface area contributed by atoms with E-state index >= 15 is 0 Å². The predicted molar refractivity (Wildman–Crippen MR) is 117 cm³/mol. The van der Waals surface area contributed by atoms with Crippen LogP contribution in [0.25, 0.3) is 22.6 Å². The van der Waals surface area contributed by atoms with E-state index in [-0.39, 0.29) is 5.91 Å². The second-order valence-corrected chi connectivity index (χ2v) is 7.86. The molecule has 1 N–H and O–H groups in total. The Bertz CT molecular complexity index is 1030. The molecule has 0 saturated carbocycles. The number of hydrogen-bond donors (Lipinski definition) is 1. The Kier molecular flexibility index (Phi) is 6.34. The van der Waals surface area contributed by atoms with Crippen LogP contribution in [0.3, 0.4) is 0 Å². The highest BCUT2D eigenvalue weighted by atomic mass is 32.1. The molecule has 0 radical (unpaired) electrons. The van der Waals surface area contributed by atoms with Crippen LogP contribution in [0.2, 0.25) is 0 Å². The number of rotatable bonds is 8. The van der Waals surface area contributed by atoms with Gasteiger partial charge in [-0.15, -0.1) is 11.3 Å². The molecule has 0 bridgehead atoms. The zero-order valence-corrected chi connectivity index (χ0v) is 17.3. The molecule has 1 aliphatic carbocycles. The Morgan fingerprint density at radius 2 is 2.07 bits per heavy atom. The maximum Gasteiger partial charge on any atom is 0.252 e. The summed E-state index contributed by atoms with van der Waals surface area (Å²) in [6.07, 6.45) is 3.93. The van der Waals surface area contributed by atoms with Crippen molar-refractivity contribution in [2.24, 2.45) is 0 Å². The Hall–Kier alpha value is -2.54. The van der Waals surface area contributed by atoms with Crippen LogP contribution in [0.4, 0.5) is 0 Å². The quantitative estimate of drug-likeness (QED) is 0.568. The first-order valence-corrected chi connectivity index (χ1v) is 10.7. The molecule has 3 aromatic rings. The topological polar surface area (TPSA) is 60.5 Å². The Morgan fingerprint density at radius 1 is 1.17 bits per heavy atom. The first-order valence-electron chi connectivity index (χ1n) is 9.79. The highest BCUT2D eigenvalue weighted by Gasteiger charge is 2.26. The van der Waals surface area contributed by atoms with Gasteiger partial charge in [-0.25, -0.2) is 4.98 Å². The van der Waals surface area contributed by atoms with Crippen molar-refractivity contribution in [2.75, 3.05) is 33.5 Å². The van der Waals surface area contributed by atoms with E-state index in [2.05, 4.69) is 22.8 Å². The predicted octanol–water partition coefficient (Wildman–Crippen LogP) is 4.18. The number of benzene rings is 1. The van der Waals surface area contributed by atoms with Crippen LogP contribution >= 0.6 is 11.3 Å². The number of nitrogens with one attached hydrogen (secondary N) is 1. The first kappa shape index (κ1) is 19.8. The highest BCUT2D eigenvalue weighted by Crippen LogP contribution is 2.37. The molecule has 0 unspecified atom stereocenters. The lowest BCUT2D eigenvalue weighted by atomic mass is 10.00. The minimum absolute atomic E-state index is 0.0624. The zero-order valence-electron chi connectivity index (χ0n) is 16.4. The summed E-state index contributed by atoms with van der Waals surface area (Å²) in [6, 6.07) is 12.0. The number of ether oxygens (including phenoxy) is 2. The average molecular weight is 409 g/mol. The van der Waals surface area contributed by atoms with Crippen LogP contribution < -0.4 is 5.32 Å². The van der Waals surface area contributed by atoms with Crippen molar-refractivity contribution >= 4 is 39.8 Å². The van der Waals surface area contributed by atoms with Gasteiger partial charge >= 0.3 is 0 Å². The summed E-state index contributed by atoms with van der Waals surface area (Å²) in [6.45, 7) is 2.00. The summed E-state index contributed by atoms with van der Waals surface area (Å²) >= 11 is 1.71. The van der Waals surface area contributed by atoms with Crippen LogP contribution in [0.5, 0.6) is 0 Å². The van der Waals surface area contributed by atoms with Crippen molar-refractivity contribution < 1.29 is 14.3 Å². The van der Waals surface area contributed by atoms with Gasteiger partial charge in [-0.3, -0.25) is 4.79 Å². The third-order valence-electron chi connectivity index (χ3n) is 4.99. The van der Waals surface area contributed by atoms with E-state index in [1.54, 1.807) is 18.4 Å². The molecule has 0 aliphatic heterocycles. The summed E-state index contributed by atoms with van der Waals surface area (Å²) < 4.78 is 10.4. The molecule has 1 aromatic carbocycles. The number of para-hydroxylation sites is 1. The average Bonchev–Trinajstić information content (AvgIpc) is 3.39. The number of fused-ring (bicyclic) bond motifs is 2. The van der Waals surface area contributed by atoms with E-state index in [0.717, 1.165) is 40.6 Å². The minimum Gasteiger partial charge on any atom is -0.382 e. The number of aromatic nitrogens is 1. The number of hydrogen-bond acceptors (Lipinski definition) is 5. The van der Waals surface area contributed by atoms with Crippen LogP contribution in [-0.2, 0) is 15.9 Å². The number of pyridine rings is 1. The van der Waals surface area contributed by atoms with Gasteiger partial charge < -0.3 is 14.8 Å². The van der Waals surface area contributed by atoms with Crippen LogP contribution in [0.1, 0.15) is 32.9 Å². The van der Waals surface area contributed by atoms with Crippen molar-refractivity contribution in [3.05, 3.63) is 63.5 Å². The van der Waals surface area contributed by atoms with Crippen molar-refractivity contribution in [1.82, 2.24) is 10.3 Å². The number of thiophene rings is 1. The second kappa shape index (κ2) is 9.31. The fraction of sp³-hybridized carbons (Fsp3) is 0.304. The Morgan fingerprint density at radius 3 is 2.90 bits per heavy atom. The van der Waals surface area contributed by atoms with E-state index in [1.165, 1.54) is 10.5 Å². The molecule has 0 fully saturated rings. The number of carbonyl (C=O) groups is 1. The SMILES string of the molecule is COCCOCCNC(=O)c1c2c(nc3ccccc13)/C(=C\c1cccs1)CC2. The van der Waals surface area contributed by atoms with Gasteiger partial charge in [0, 0.05) is 23.9 Å². The molecule has 1 aliphatic rings. The lowest BCUT2D eigenvalue weighted by Crippen LogP contribution is -2.29. The van der Waals surface area contributed by atoms with Crippen molar-refractivity contribution in [3.63, 3.8) is 0 Å². The first-order chi connectivity index (χ1) is 14.3. The fourth-order valence-electron chi connectivity index (χ4n) is 3.65. The molecule has 150 valence electrons. The van der Waals surface area contributed by atoms with Gasteiger partial charge in [0.1, 0.15) is 0 Å². The zero-order chi connectivity index (χ0) is 20.1. The van der Waals surface area contributed by atoms with E-state index in [0.29, 0.717) is 26.4 Å². The molecular formula is C23H24N2O3S. The van der Waals surface area contributed by atoms with Gasteiger partial charge in [0.05, 0.1) is 36.6 Å². The number of carbonyl (C=O) groups excluding carboxylic acids is 1. The number of amides is 1. The molecule has 1 amide bonds. The maximum absolute atomic E-state index is 13.1. The maximum atomic E-state index is 13.1. The standard InChI is InChI=1S/C23H24N2O3S/c1-27-12-13-28-11-10-24-23(26)21-18-6-2-3-7-20(18)25-22-16(8-9-19(21)22)15-17-5-4-14-29-17/h2-7,14-15H,8-13H2,1H3,(H,24,26)/b16-15-. The van der Waals surface area contributed by atoms with E-state index < -0.39 is 0 Å². The van der Waals surface area contributed by atoms with Gasteiger partial charge in [-0.2, -0.15) is 0 Å². The summed E-state index contributed by atoms with van der Waals surface area (Å²) in [5.41, 5.74) is 4.80. The molecular weight excluding hydrogens is 384 g/mol. The minimum atomic E-state index is -0.0624. The van der Waals surface area contributed by atoms with Gasteiger partial charge in [0.15, 0.2) is 0 Å². The third-order valence-corrected chi connectivity index (χ3v) is 5.81. The number of methoxy groups -OCH3 is 1. The van der Waals surface area contributed by atoms with Gasteiger partial charge in [-0.1, -0.05) is 24.3 Å². The Balaban J connectivity index is 1.62. The van der Waals surface area contributed by atoms with E-state index in [9.17, 15) is 4.79 Å². The highest BCUT2D eigenvalue weighted by molar-refractivity contribution is 7.10. The summed E-state index contributed by atoms with van der Waals surface area (Å²) in [7, 11) is 1.64. The van der Waals surface area contributed by atoms with Crippen LogP contribution in [0.15, 0.2) is 41.8 Å². The van der Waals surface area contributed by atoms with E-state index in [4.69, 9.17) is 14.5 Å². The van der Waals surface area contributed by atoms with Crippen LogP contribution in [0, 0.1) is 0 Å². The lowest BCUT2D eigenvalue weighted by molar-refractivity contribution is 0.0693. The van der Waals surface area contributed by atoms with Crippen molar-refractivity contribution in [3.8, 4) is 0 Å². The van der Waals surface area contributed by atoms with Gasteiger partial charge in [0.25, 0.3) is 5.91 Å². The number of nitrogens with zero attached hydrogens (tertiary/aromatic N) is 1. The summed E-state index contributed by atoms with van der Waals surface area (Å²) in [5, 5.41) is 5.99. The van der Waals surface area contributed by atoms with E-state index in [1.807, 2.05) is 30.3 Å². The largest absolute Gasteiger partial charge is 0.382 e. The molecule has 6 heteroatoms. The molecule has 2 aromatic heterocycles. The summed E-state index contributed by atoms with van der Waals surface area (Å²) in [5.74, 6) is -0.0624. The second-order valence-electron chi connectivity index (χ2n) is 6.88. The molecule has 4 rings (SSSR count). The monoisotopic (exact) mass is 408 g/mol. The molecule has 29 heavy (non-hydrogen) atoms. The molecule has 2 heterocycles. The molecule has 0 atom stereocenters. The summed E-state index contributed by atoms with van der Waals surface area (Å²) in [4.78, 5) is 19.2. The molecule has 0 spiro atoms. The normalized spacial score (nSPS) is 14.4. The fourth-order valence-corrected chi connectivity index (χ4v) is 4.33. The number of allylic oxidation sites excluding steroid dienone is 1. The lowest BCUT2D eigenvalue weighted by Gasteiger charge is -2.13. The van der Waals surface area contributed by atoms with Gasteiger partial charge in [0.2, 0.25) is 0 Å². The Labute approximate surface area is 174 Å². The third kappa shape index (κ3) is 4.40.